The normalized spacial score (nSPS) is 18.3. The quantitative estimate of drug-likeness (QED) is 0.894. The summed E-state index contributed by atoms with van der Waals surface area (Å²) in [5, 5.41) is 9.42. The summed E-state index contributed by atoms with van der Waals surface area (Å²) in [6, 6.07) is 5.50. The maximum Gasteiger partial charge on any atom is 0.266 e. The van der Waals surface area contributed by atoms with E-state index in [-0.39, 0.29) is 11.1 Å². The van der Waals surface area contributed by atoms with Crippen LogP contribution in [0.25, 0.3) is 10.9 Å². The number of piperidine rings is 1. The average molecular weight is 354 g/mol. The minimum absolute atomic E-state index is 0.0252. The van der Waals surface area contributed by atoms with E-state index in [1.807, 2.05) is 6.07 Å². The van der Waals surface area contributed by atoms with Crippen LogP contribution < -0.4 is 11.1 Å². The lowest BCUT2D eigenvalue weighted by Crippen LogP contribution is -2.42. The number of fused-ring (bicyclic) bond motifs is 1. The Kier molecular flexibility index (Phi) is 5.58. The van der Waals surface area contributed by atoms with Gasteiger partial charge in [-0.05, 0) is 43.9 Å². The first kappa shape index (κ1) is 18.4. The highest BCUT2D eigenvalue weighted by Crippen LogP contribution is 2.21. The lowest BCUT2D eigenvalue weighted by atomic mass is 9.98. The highest BCUT2D eigenvalue weighted by atomic mass is 16.1. The van der Waals surface area contributed by atoms with Gasteiger partial charge in [0.25, 0.3) is 11.1 Å². The number of aromatic nitrogens is 2. The lowest BCUT2D eigenvalue weighted by Gasteiger charge is -2.37. The number of hydrogen-bond acceptors (Lipinski definition) is 4. The summed E-state index contributed by atoms with van der Waals surface area (Å²) < 4.78 is 1.70. The first-order chi connectivity index (χ1) is 12.5. The van der Waals surface area contributed by atoms with Crippen molar-refractivity contribution >= 4 is 10.9 Å². The molecule has 0 radical (unpaired) electrons. The molecule has 1 saturated heterocycles. The van der Waals surface area contributed by atoms with E-state index in [9.17, 15) is 9.59 Å². The van der Waals surface area contributed by atoms with Crippen molar-refractivity contribution in [1.29, 1.82) is 5.26 Å². The molecule has 0 aliphatic carbocycles. The van der Waals surface area contributed by atoms with Gasteiger partial charge in [-0.15, -0.1) is 0 Å². The topological polar surface area (TPSA) is 81.9 Å². The third-order valence-electron chi connectivity index (χ3n) is 5.16. The van der Waals surface area contributed by atoms with Gasteiger partial charge < -0.3 is 14.5 Å². The van der Waals surface area contributed by atoms with Gasteiger partial charge in [-0.3, -0.25) is 9.59 Å². The van der Waals surface area contributed by atoms with E-state index in [4.69, 9.17) is 5.26 Å². The van der Waals surface area contributed by atoms with E-state index >= 15 is 0 Å². The van der Waals surface area contributed by atoms with Gasteiger partial charge in [0.1, 0.15) is 11.6 Å². The second-order valence-corrected chi connectivity index (χ2v) is 7.59. The fraction of sp³-hybridized carbons (Fsp3) is 0.550. The molecule has 1 N–H and O–H groups in total. The minimum Gasteiger partial charge on any atom is -0.321 e. The van der Waals surface area contributed by atoms with Crippen molar-refractivity contribution in [3.05, 3.63) is 44.6 Å². The van der Waals surface area contributed by atoms with E-state index in [1.165, 1.54) is 25.3 Å². The van der Waals surface area contributed by atoms with Gasteiger partial charge in [0.15, 0.2) is 0 Å². The third-order valence-corrected chi connectivity index (χ3v) is 5.16. The molecular formula is C20H26N4O2. The molecule has 0 spiro atoms. The number of nitrogens with zero attached hydrogens (tertiary/aromatic N) is 3. The van der Waals surface area contributed by atoms with Crippen molar-refractivity contribution in [1.82, 2.24) is 14.5 Å². The number of hydrogen-bond donors (Lipinski definition) is 1. The van der Waals surface area contributed by atoms with Crippen LogP contribution in [0.2, 0.25) is 0 Å². The summed E-state index contributed by atoms with van der Waals surface area (Å²) >= 11 is 0. The molecule has 2 aromatic rings. The van der Waals surface area contributed by atoms with E-state index in [2.05, 4.69) is 23.7 Å². The first-order valence-electron chi connectivity index (χ1n) is 9.40. The van der Waals surface area contributed by atoms with Crippen molar-refractivity contribution < 1.29 is 0 Å². The zero-order valence-corrected chi connectivity index (χ0v) is 15.5. The Bertz CT molecular complexity index is 935. The Morgan fingerprint density at radius 1 is 1.35 bits per heavy atom. The molecular weight excluding hydrogens is 328 g/mol. The molecule has 6 heteroatoms. The number of rotatable bonds is 5. The maximum atomic E-state index is 12.8. The van der Waals surface area contributed by atoms with Crippen molar-refractivity contribution in [3.8, 4) is 6.07 Å². The predicted octanol–water partition coefficient (Wildman–Crippen LogP) is 2.46. The largest absolute Gasteiger partial charge is 0.321 e. The van der Waals surface area contributed by atoms with Crippen molar-refractivity contribution in [2.45, 2.75) is 52.1 Å². The van der Waals surface area contributed by atoms with Crippen LogP contribution in [0.1, 0.15) is 45.1 Å². The molecule has 0 aromatic carbocycles. The van der Waals surface area contributed by atoms with E-state index in [0.717, 1.165) is 19.5 Å². The van der Waals surface area contributed by atoms with Gasteiger partial charge >= 0.3 is 0 Å². The summed E-state index contributed by atoms with van der Waals surface area (Å²) in [5.74, 6) is 0.639. The number of nitrogens with one attached hydrogen (secondary N) is 1. The lowest BCUT2D eigenvalue weighted by molar-refractivity contribution is 0.121. The molecule has 2 aromatic heterocycles. The second kappa shape index (κ2) is 7.88. The molecule has 0 amide bonds. The molecule has 138 valence electrons. The summed E-state index contributed by atoms with van der Waals surface area (Å²) in [6.07, 6.45) is 6.36. The van der Waals surface area contributed by atoms with Gasteiger partial charge in [-0.25, -0.2) is 0 Å². The molecule has 0 saturated carbocycles. The van der Waals surface area contributed by atoms with Gasteiger partial charge in [0, 0.05) is 25.3 Å². The molecule has 6 nitrogen and oxygen atoms in total. The van der Waals surface area contributed by atoms with Crippen LogP contribution in [-0.4, -0.2) is 33.6 Å². The van der Waals surface area contributed by atoms with Crippen LogP contribution in [0.4, 0.5) is 0 Å². The van der Waals surface area contributed by atoms with E-state index in [0.29, 0.717) is 29.4 Å². The smallest absolute Gasteiger partial charge is 0.266 e. The minimum atomic E-state index is -0.455. The molecule has 26 heavy (non-hydrogen) atoms. The standard InChI is InChI=1S/C20H26N4O2/c1-14(2)13-24-8-4-3-5-16(24)6-9-23-10-7-18-17(20(23)26)11-15(12-21)19(25)22-18/h7,10-11,14,16H,3-6,8-9,13H2,1-2H3,(H,22,25)/t16-/m0/s1. The average Bonchev–Trinajstić information content (AvgIpc) is 2.61. The summed E-state index contributed by atoms with van der Waals surface area (Å²) in [4.78, 5) is 29.7. The monoisotopic (exact) mass is 354 g/mol. The molecule has 1 aliphatic rings. The van der Waals surface area contributed by atoms with Gasteiger partial charge in [-0.1, -0.05) is 20.3 Å². The van der Waals surface area contributed by atoms with Gasteiger partial charge in [-0.2, -0.15) is 5.26 Å². The Labute approximate surface area is 153 Å². The Hall–Kier alpha value is -2.39. The summed E-state index contributed by atoms with van der Waals surface area (Å²) in [7, 11) is 0. The molecule has 0 unspecified atom stereocenters. The summed E-state index contributed by atoms with van der Waals surface area (Å²) in [6.45, 7) is 7.38. The summed E-state index contributed by atoms with van der Waals surface area (Å²) in [5.41, 5.74) is -0.151. The number of pyridine rings is 2. The van der Waals surface area contributed by atoms with Gasteiger partial charge in [0.05, 0.1) is 10.9 Å². The highest BCUT2D eigenvalue weighted by molar-refractivity contribution is 5.78. The Morgan fingerprint density at radius 3 is 2.88 bits per heavy atom. The molecule has 3 heterocycles. The van der Waals surface area contributed by atoms with E-state index < -0.39 is 5.56 Å². The van der Waals surface area contributed by atoms with Crippen LogP contribution in [-0.2, 0) is 6.54 Å². The van der Waals surface area contributed by atoms with Crippen LogP contribution in [0, 0.1) is 17.2 Å². The van der Waals surface area contributed by atoms with Gasteiger partial charge in [0.2, 0.25) is 0 Å². The van der Waals surface area contributed by atoms with Crippen LogP contribution in [0.3, 0.4) is 0 Å². The highest BCUT2D eigenvalue weighted by Gasteiger charge is 2.22. The Balaban J connectivity index is 1.81. The number of H-pyrrole nitrogens is 1. The first-order valence-corrected chi connectivity index (χ1v) is 9.40. The second-order valence-electron chi connectivity index (χ2n) is 7.59. The SMILES string of the molecule is CC(C)CN1CCCC[C@H]1CCn1ccc2[nH]c(=O)c(C#N)cc2c1=O. The molecule has 0 bridgehead atoms. The van der Waals surface area contributed by atoms with Crippen molar-refractivity contribution in [2.75, 3.05) is 13.1 Å². The third kappa shape index (κ3) is 3.88. The maximum absolute atomic E-state index is 12.8. The molecule has 3 rings (SSSR count). The number of aryl methyl sites for hydroxylation is 1. The fourth-order valence-corrected chi connectivity index (χ4v) is 3.88. The van der Waals surface area contributed by atoms with Crippen molar-refractivity contribution in [3.63, 3.8) is 0 Å². The zero-order valence-electron chi connectivity index (χ0n) is 15.5. The molecule has 1 aliphatic heterocycles. The van der Waals surface area contributed by atoms with Crippen LogP contribution in [0.15, 0.2) is 27.9 Å². The number of nitriles is 1. The number of likely N-dealkylation sites (tertiary alicyclic amines) is 1. The van der Waals surface area contributed by atoms with Crippen LogP contribution in [0.5, 0.6) is 0 Å². The Morgan fingerprint density at radius 2 is 2.15 bits per heavy atom. The van der Waals surface area contributed by atoms with Crippen LogP contribution >= 0.6 is 0 Å². The van der Waals surface area contributed by atoms with E-state index in [1.54, 1.807) is 16.8 Å². The molecule has 1 atom stereocenters. The number of aromatic amines is 1. The molecule has 1 fully saturated rings. The fourth-order valence-electron chi connectivity index (χ4n) is 3.88. The zero-order chi connectivity index (χ0) is 18.7. The van der Waals surface area contributed by atoms with Crippen molar-refractivity contribution in [2.24, 2.45) is 5.92 Å². The predicted molar refractivity (Wildman–Crippen MR) is 102 cm³/mol.